The van der Waals surface area contributed by atoms with Crippen molar-refractivity contribution < 1.29 is 4.74 Å². The van der Waals surface area contributed by atoms with E-state index in [1.165, 1.54) is 0 Å². The predicted molar refractivity (Wildman–Crippen MR) is 89.1 cm³/mol. The Hall–Kier alpha value is -2.21. The molecular weight excluding hydrogens is 284 g/mol. The van der Waals surface area contributed by atoms with Gasteiger partial charge in [-0.2, -0.15) is 0 Å². The van der Waals surface area contributed by atoms with E-state index in [2.05, 4.69) is 20.6 Å². The van der Waals surface area contributed by atoms with Crippen molar-refractivity contribution in [1.82, 2.24) is 9.97 Å². The molecule has 0 atom stereocenters. The van der Waals surface area contributed by atoms with Crippen molar-refractivity contribution in [3.05, 3.63) is 41.2 Å². The quantitative estimate of drug-likeness (QED) is 0.849. The molecule has 0 unspecified atom stereocenters. The first-order chi connectivity index (χ1) is 9.97. The fourth-order valence-electron chi connectivity index (χ4n) is 1.96. The van der Waals surface area contributed by atoms with Gasteiger partial charge in [0.2, 0.25) is 5.95 Å². The lowest BCUT2D eigenvalue weighted by molar-refractivity contribution is 0.417. The summed E-state index contributed by atoms with van der Waals surface area (Å²) >= 11 is 5.30. The van der Waals surface area contributed by atoms with Crippen LogP contribution in [0.4, 0.5) is 11.6 Å². The standard InChI is InChI=1S/C15H18N4OS/c1-9-5-6-13(20-4)12(7-9)18-15(21)19-14-16-10(2)8-11(3)17-14/h5-8H,1-4H3,(H2,16,17,18,19,21). The normalized spacial score (nSPS) is 10.1. The summed E-state index contributed by atoms with van der Waals surface area (Å²) in [6.07, 6.45) is 0. The van der Waals surface area contributed by atoms with Gasteiger partial charge < -0.3 is 15.4 Å². The Morgan fingerprint density at radius 1 is 1.05 bits per heavy atom. The molecule has 0 fully saturated rings. The second kappa shape index (κ2) is 6.49. The van der Waals surface area contributed by atoms with Crippen LogP contribution in [-0.4, -0.2) is 22.2 Å². The third-order valence-electron chi connectivity index (χ3n) is 2.81. The lowest BCUT2D eigenvalue weighted by atomic mass is 10.2. The van der Waals surface area contributed by atoms with E-state index in [0.29, 0.717) is 11.1 Å². The van der Waals surface area contributed by atoms with E-state index in [4.69, 9.17) is 17.0 Å². The fourth-order valence-corrected chi connectivity index (χ4v) is 2.16. The summed E-state index contributed by atoms with van der Waals surface area (Å²) in [7, 11) is 1.62. The van der Waals surface area contributed by atoms with Crippen LogP contribution < -0.4 is 15.4 Å². The molecule has 0 saturated carbocycles. The number of hydrogen-bond donors (Lipinski definition) is 2. The zero-order valence-electron chi connectivity index (χ0n) is 12.5. The number of nitrogens with zero attached hydrogens (tertiary/aromatic N) is 2. The van der Waals surface area contributed by atoms with Crippen molar-refractivity contribution >= 4 is 29.0 Å². The molecule has 1 aromatic heterocycles. The summed E-state index contributed by atoms with van der Waals surface area (Å²) in [6, 6.07) is 7.75. The SMILES string of the molecule is COc1ccc(C)cc1NC(=S)Nc1nc(C)cc(C)n1. The van der Waals surface area contributed by atoms with Crippen molar-refractivity contribution in [2.45, 2.75) is 20.8 Å². The maximum absolute atomic E-state index is 5.31. The molecule has 0 bridgehead atoms. The lowest BCUT2D eigenvalue weighted by Crippen LogP contribution is -2.21. The molecule has 21 heavy (non-hydrogen) atoms. The monoisotopic (exact) mass is 302 g/mol. The number of hydrogen-bond acceptors (Lipinski definition) is 4. The van der Waals surface area contributed by atoms with Crippen LogP contribution in [0.15, 0.2) is 24.3 Å². The molecule has 0 aliphatic carbocycles. The number of methoxy groups -OCH3 is 1. The van der Waals surface area contributed by atoms with Crippen molar-refractivity contribution in [1.29, 1.82) is 0 Å². The van der Waals surface area contributed by atoms with Gasteiger partial charge in [0.1, 0.15) is 5.75 Å². The van der Waals surface area contributed by atoms with E-state index in [1.807, 2.05) is 45.0 Å². The van der Waals surface area contributed by atoms with Gasteiger partial charge in [0.05, 0.1) is 12.8 Å². The molecule has 0 amide bonds. The minimum atomic E-state index is 0.420. The van der Waals surface area contributed by atoms with Gasteiger partial charge in [-0.25, -0.2) is 9.97 Å². The molecule has 1 aromatic carbocycles. The molecule has 110 valence electrons. The second-order valence-corrected chi connectivity index (χ2v) is 5.17. The Morgan fingerprint density at radius 3 is 2.33 bits per heavy atom. The third kappa shape index (κ3) is 4.13. The molecule has 0 spiro atoms. The molecule has 6 heteroatoms. The largest absolute Gasteiger partial charge is 0.495 e. The molecule has 1 heterocycles. The molecule has 0 aliphatic rings. The molecule has 5 nitrogen and oxygen atoms in total. The highest BCUT2D eigenvalue weighted by molar-refractivity contribution is 7.80. The maximum Gasteiger partial charge on any atom is 0.229 e. The second-order valence-electron chi connectivity index (χ2n) is 4.76. The Morgan fingerprint density at radius 2 is 1.71 bits per heavy atom. The van der Waals surface area contributed by atoms with Crippen LogP contribution in [0.5, 0.6) is 5.75 Å². The van der Waals surface area contributed by atoms with Gasteiger partial charge in [-0.15, -0.1) is 0 Å². The zero-order valence-corrected chi connectivity index (χ0v) is 13.3. The summed E-state index contributed by atoms with van der Waals surface area (Å²) in [6.45, 7) is 5.84. The van der Waals surface area contributed by atoms with Crippen molar-refractivity contribution in [2.24, 2.45) is 0 Å². The van der Waals surface area contributed by atoms with E-state index in [9.17, 15) is 0 Å². The van der Waals surface area contributed by atoms with E-state index in [1.54, 1.807) is 7.11 Å². The zero-order chi connectivity index (χ0) is 15.4. The van der Waals surface area contributed by atoms with E-state index < -0.39 is 0 Å². The summed E-state index contributed by atoms with van der Waals surface area (Å²) in [4.78, 5) is 8.59. The summed E-state index contributed by atoms with van der Waals surface area (Å²) in [5, 5.41) is 6.51. The molecule has 0 aliphatic heterocycles. The molecule has 0 radical (unpaired) electrons. The van der Waals surface area contributed by atoms with Crippen LogP contribution in [0.1, 0.15) is 17.0 Å². The van der Waals surface area contributed by atoms with Gasteiger partial charge in [0, 0.05) is 11.4 Å². The first kappa shape index (κ1) is 15.2. The molecule has 0 saturated heterocycles. The summed E-state index contributed by atoms with van der Waals surface area (Å²) in [5.74, 6) is 1.21. The van der Waals surface area contributed by atoms with Gasteiger partial charge >= 0.3 is 0 Å². The number of aromatic nitrogens is 2. The molecular formula is C15H18N4OS. The van der Waals surface area contributed by atoms with E-state index in [0.717, 1.165) is 28.4 Å². The fraction of sp³-hybridized carbons (Fsp3) is 0.267. The maximum atomic E-state index is 5.31. The van der Waals surface area contributed by atoms with Crippen LogP contribution in [0.25, 0.3) is 0 Å². The predicted octanol–water partition coefficient (Wildman–Crippen LogP) is 3.22. The van der Waals surface area contributed by atoms with Gasteiger partial charge in [-0.1, -0.05) is 6.07 Å². The van der Waals surface area contributed by atoms with Crippen molar-refractivity contribution in [3.63, 3.8) is 0 Å². The highest BCUT2D eigenvalue weighted by Gasteiger charge is 2.07. The lowest BCUT2D eigenvalue weighted by Gasteiger charge is -2.13. The van der Waals surface area contributed by atoms with Crippen LogP contribution in [-0.2, 0) is 0 Å². The van der Waals surface area contributed by atoms with Crippen LogP contribution in [0.3, 0.4) is 0 Å². The Balaban J connectivity index is 2.13. The first-order valence-corrected chi connectivity index (χ1v) is 6.93. The minimum Gasteiger partial charge on any atom is -0.495 e. The number of ether oxygens (including phenoxy) is 1. The number of nitrogens with one attached hydrogen (secondary N) is 2. The number of rotatable bonds is 3. The summed E-state index contributed by atoms with van der Waals surface area (Å²) in [5.41, 5.74) is 3.70. The smallest absolute Gasteiger partial charge is 0.229 e. The van der Waals surface area contributed by atoms with E-state index >= 15 is 0 Å². The average Bonchev–Trinajstić information content (AvgIpc) is 2.37. The van der Waals surface area contributed by atoms with Gasteiger partial charge in [0.25, 0.3) is 0 Å². The number of aryl methyl sites for hydroxylation is 3. The first-order valence-electron chi connectivity index (χ1n) is 6.53. The van der Waals surface area contributed by atoms with Crippen LogP contribution >= 0.6 is 12.2 Å². The Kier molecular flexibility index (Phi) is 4.70. The molecule has 2 N–H and O–H groups in total. The van der Waals surface area contributed by atoms with Gasteiger partial charge in [-0.05, 0) is 56.8 Å². The molecule has 2 aromatic rings. The summed E-state index contributed by atoms with van der Waals surface area (Å²) < 4.78 is 5.31. The van der Waals surface area contributed by atoms with Crippen molar-refractivity contribution in [3.8, 4) is 5.75 Å². The van der Waals surface area contributed by atoms with Gasteiger partial charge in [0.15, 0.2) is 5.11 Å². The Labute approximate surface area is 129 Å². The van der Waals surface area contributed by atoms with Gasteiger partial charge in [-0.3, -0.25) is 0 Å². The number of thiocarbonyl (C=S) groups is 1. The topological polar surface area (TPSA) is 59.1 Å². The number of anilines is 2. The van der Waals surface area contributed by atoms with Crippen LogP contribution in [0, 0.1) is 20.8 Å². The Bertz CT molecular complexity index is 652. The minimum absolute atomic E-state index is 0.420. The number of benzene rings is 1. The molecule has 2 rings (SSSR count). The van der Waals surface area contributed by atoms with Crippen LogP contribution in [0.2, 0.25) is 0 Å². The third-order valence-corrected chi connectivity index (χ3v) is 3.01. The highest BCUT2D eigenvalue weighted by atomic mass is 32.1. The van der Waals surface area contributed by atoms with E-state index in [-0.39, 0.29) is 0 Å². The highest BCUT2D eigenvalue weighted by Crippen LogP contribution is 2.25. The average molecular weight is 302 g/mol. The van der Waals surface area contributed by atoms with Crippen molar-refractivity contribution in [2.75, 3.05) is 17.7 Å².